The van der Waals surface area contributed by atoms with Crippen LogP contribution in [0.1, 0.15) is 25.7 Å². The largest absolute Gasteiger partial charge is 0.326 e. The molecule has 2 aromatic heterocycles. The molecule has 23 heavy (non-hydrogen) atoms. The van der Waals surface area contributed by atoms with Gasteiger partial charge in [0.15, 0.2) is 0 Å². The molecule has 4 rings (SSSR count). The van der Waals surface area contributed by atoms with Crippen molar-refractivity contribution in [1.82, 2.24) is 14.4 Å². The molecule has 2 heterocycles. The van der Waals surface area contributed by atoms with E-state index in [1.165, 1.54) is 0 Å². The Kier molecular flexibility index (Phi) is 3.54. The summed E-state index contributed by atoms with van der Waals surface area (Å²) >= 11 is 0. The molecule has 1 saturated carbocycles. The van der Waals surface area contributed by atoms with Crippen LogP contribution >= 0.6 is 0 Å². The van der Waals surface area contributed by atoms with Crippen molar-refractivity contribution in [2.75, 3.05) is 5.32 Å². The van der Waals surface area contributed by atoms with Gasteiger partial charge >= 0.3 is 0 Å². The van der Waals surface area contributed by atoms with Gasteiger partial charge < -0.3 is 5.32 Å². The number of aromatic nitrogens is 3. The molecule has 116 valence electrons. The molecule has 0 aliphatic heterocycles. The molecule has 0 atom stereocenters. The Bertz CT molecular complexity index is 816. The Hall–Kier alpha value is -2.69. The van der Waals surface area contributed by atoms with Crippen molar-refractivity contribution < 1.29 is 4.79 Å². The highest BCUT2D eigenvalue weighted by atomic mass is 16.1. The van der Waals surface area contributed by atoms with E-state index in [-0.39, 0.29) is 11.8 Å². The normalized spacial score (nSPS) is 15.1. The zero-order valence-corrected chi connectivity index (χ0v) is 12.8. The van der Waals surface area contributed by atoms with Crippen LogP contribution in [0, 0.1) is 5.92 Å². The van der Waals surface area contributed by atoms with E-state index in [0.29, 0.717) is 5.78 Å². The molecule has 5 nitrogen and oxygen atoms in total. The van der Waals surface area contributed by atoms with Crippen molar-refractivity contribution in [1.29, 1.82) is 0 Å². The van der Waals surface area contributed by atoms with Crippen molar-refractivity contribution >= 4 is 17.4 Å². The number of nitrogens with one attached hydrogen (secondary N) is 1. The maximum absolute atomic E-state index is 12.3. The summed E-state index contributed by atoms with van der Waals surface area (Å²) in [5.41, 5.74) is 2.64. The third kappa shape index (κ3) is 2.82. The van der Waals surface area contributed by atoms with Crippen molar-refractivity contribution in [2.24, 2.45) is 5.92 Å². The van der Waals surface area contributed by atoms with Gasteiger partial charge in [-0.05, 0) is 31.0 Å². The number of hydrogen-bond donors (Lipinski definition) is 1. The van der Waals surface area contributed by atoms with Gasteiger partial charge in [0.2, 0.25) is 11.7 Å². The van der Waals surface area contributed by atoms with E-state index < -0.39 is 0 Å². The third-order valence-corrected chi connectivity index (χ3v) is 4.39. The number of rotatable bonds is 3. The second-order valence-electron chi connectivity index (χ2n) is 6.00. The Morgan fingerprint density at radius 1 is 1.22 bits per heavy atom. The van der Waals surface area contributed by atoms with E-state index in [2.05, 4.69) is 15.3 Å². The lowest BCUT2D eigenvalue weighted by Crippen LogP contribution is -2.20. The van der Waals surface area contributed by atoms with Crippen LogP contribution in [0.2, 0.25) is 0 Å². The first kappa shape index (κ1) is 13.9. The summed E-state index contributed by atoms with van der Waals surface area (Å²) in [5, 5.41) is 3.04. The number of amides is 1. The number of nitrogens with zero attached hydrogens (tertiary/aromatic N) is 3. The monoisotopic (exact) mass is 306 g/mol. The molecular formula is C18H18N4O. The number of benzene rings is 1. The lowest BCUT2D eigenvalue weighted by molar-refractivity contribution is -0.119. The van der Waals surface area contributed by atoms with Crippen molar-refractivity contribution in [3.8, 4) is 11.3 Å². The molecule has 1 fully saturated rings. The van der Waals surface area contributed by atoms with Gasteiger partial charge in [0.1, 0.15) is 0 Å². The number of fused-ring (bicyclic) bond motifs is 1. The minimum Gasteiger partial charge on any atom is -0.326 e. The zero-order chi connectivity index (χ0) is 15.6. The first-order valence-corrected chi connectivity index (χ1v) is 8.01. The highest BCUT2D eigenvalue weighted by molar-refractivity contribution is 5.93. The summed E-state index contributed by atoms with van der Waals surface area (Å²) in [7, 11) is 0. The molecule has 5 heteroatoms. The first-order valence-electron chi connectivity index (χ1n) is 8.01. The van der Waals surface area contributed by atoms with Gasteiger partial charge in [-0.2, -0.15) is 0 Å². The standard InChI is InChI=1S/C18H18N4O/c23-17(13-5-1-2-6-13)20-15-8-3-7-14(11-15)16-12-22-10-4-9-19-18(22)21-16/h3-4,7-13H,1-2,5-6H2,(H,20,23). The third-order valence-electron chi connectivity index (χ3n) is 4.39. The number of anilines is 1. The van der Waals surface area contributed by atoms with Crippen LogP contribution in [0.25, 0.3) is 17.0 Å². The van der Waals surface area contributed by atoms with Crippen LogP contribution in [0.4, 0.5) is 5.69 Å². The van der Waals surface area contributed by atoms with Gasteiger partial charge in [0.05, 0.1) is 5.69 Å². The van der Waals surface area contributed by atoms with Gasteiger partial charge in [-0.1, -0.05) is 25.0 Å². The molecule has 1 amide bonds. The topological polar surface area (TPSA) is 59.3 Å². The summed E-state index contributed by atoms with van der Waals surface area (Å²) in [4.78, 5) is 21.0. The Morgan fingerprint density at radius 3 is 2.91 bits per heavy atom. The fourth-order valence-corrected chi connectivity index (χ4v) is 3.16. The minimum absolute atomic E-state index is 0.135. The zero-order valence-electron chi connectivity index (χ0n) is 12.8. The summed E-state index contributed by atoms with van der Waals surface area (Å²) < 4.78 is 1.89. The average molecular weight is 306 g/mol. The second-order valence-corrected chi connectivity index (χ2v) is 6.00. The van der Waals surface area contributed by atoms with Gasteiger partial charge in [-0.3, -0.25) is 9.20 Å². The molecule has 1 aromatic carbocycles. The number of carbonyl (C=O) groups is 1. The average Bonchev–Trinajstić information content (AvgIpc) is 3.24. The van der Waals surface area contributed by atoms with Gasteiger partial charge in [0.25, 0.3) is 0 Å². The molecule has 1 N–H and O–H groups in total. The van der Waals surface area contributed by atoms with Crippen LogP contribution in [-0.4, -0.2) is 20.3 Å². The molecule has 1 aliphatic rings. The molecule has 3 aromatic rings. The van der Waals surface area contributed by atoms with E-state index in [0.717, 1.165) is 42.6 Å². The Labute approximate surface area is 134 Å². The molecule has 1 aliphatic carbocycles. The minimum atomic E-state index is 0.135. The van der Waals surface area contributed by atoms with Crippen LogP contribution in [0.5, 0.6) is 0 Å². The van der Waals surface area contributed by atoms with Gasteiger partial charge in [0, 0.05) is 35.8 Å². The molecule has 0 saturated heterocycles. The summed E-state index contributed by atoms with van der Waals surface area (Å²) in [5.74, 6) is 0.970. The maximum Gasteiger partial charge on any atom is 0.234 e. The van der Waals surface area contributed by atoms with Crippen molar-refractivity contribution in [3.63, 3.8) is 0 Å². The summed E-state index contributed by atoms with van der Waals surface area (Å²) in [6.45, 7) is 0. The fraction of sp³-hybridized carbons (Fsp3) is 0.278. The highest BCUT2D eigenvalue weighted by Gasteiger charge is 2.22. The van der Waals surface area contributed by atoms with E-state index >= 15 is 0 Å². The summed E-state index contributed by atoms with van der Waals surface area (Å²) in [6.07, 6.45) is 9.92. The predicted octanol–water partition coefficient (Wildman–Crippen LogP) is 3.53. The van der Waals surface area contributed by atoms with E-state index in [9.17, 15) is 4.79 Å². The maximum atomic E-state index is 12.3. The molecule has 0 radical (unpaired) electrons. The summed E-state index contributed by atoms with van der Waals surface area (Å²) in [6, 6.07) is 9.69. The van der Waals surface area contributed by atoms with E-state index in [4.69, 9.17) is 0 Å². The fourth-order valence-electron chi connectivity index (χ4n) is 3.16. The number of carbonyl (C=O) groups excluding carboxylic acids is 1. The van der Waals surface area contributed by atoms with Crippen molar-refractivity contribution in [3.05, 3.63) is 48.9 Å². The lowest BCUT2D eigenvalue weighted by Gasteiger charge is -2.10. The van der Waals surface area contributed by atoms with Crippen LogP contribution in [-0.2, 0) is 4.79 Å². The first-order chi connectivity index (χ1) is 11.3. The van der Waals surface area contributed by atoms with Crippen LogP contribution in [0.15, 0.2) is 48.9 Å². The Balaban J connectivity index is 1.59. The molecular weight excluding hydrogens is 288 g/mol. The second kappa shape index (κ2) is 5.83. The lowest BCUT2D eigenvalue weighted by atomic mass is 10.1. The quantitative estimate of drug-likeness (QED) is 0.805. The van der Waals surface area contributed by atoms with E-state index in [1.54, 1.807) is 6.20 Å². The number of hydrogen-bond acceptors (Lipinski definition) is 3. The van der Waals surface area contributed by atoms with Crippen LogP contribution in [0.3, 0.4) is 0 Å². The molecule has 0 spiro atoms. The van der Waals surface area contributed by atoms with Crippen LogP contribution < -0.4 is 5.32 Å². The molecule has 0 bridgehead atoms. The number of imidazole rings is 1. The SMILES string of the molecule is O=C(Nc1cccc(-c2cn3cccnc3n2)c1)C1CCCC1. The smallest absolute Gasteiger partial charge is 0.234 e. The van der Waals surface area contributed by atoms with Gasteiger partial charge in [-0.25, -0.2) is 9.97 Å². The highest BCUT2D eigenvalue weighted by Crippen LogP contribution is 2.27. The Morgan fingerprint density at radius 2 is 2.09 bits per heavy atom. The van der Waals surface area contributed by atoms with E-state index in [1.807, 2.05) is 47.1 Å². The molecule has 0 unspecified atom stereocenters. The van der Waals surface area contributed by atoms with Crippen molar-refractivity contribution in [2.45, 2.75) is 25.7 Å². The predicted molar refractivity (Wildman–Crippen MR) is 89.0 cm³/mol. The van der Waals surface area contributed by atoms with Gasteiger partial charge in [-0.15, -0.1) is 0 Å².